The molecule has 0 saturated heterocycles. The minimum absolute atomic E-state index is 0.150. The second-order valence-corrected chi connectivity index (χ2v) is 7.94. The van der Waals surface area contributed by atoms with E-state index in [1.54, 1.807) is 17.6 Å². The summed E-state index contributed by atoms with van der Waals surface area (Å²) in [5, 5.41) is 6.68. The van der Waals surface area contributed by atoms with Crippen LogP contribution in [0.1, 0.15) is 42.0 Å². The SMILES string of the molecule is Cc1nc(-c2c3n(c(=O)n(CC(=O)Nc4ccc(C)c(C)c4)c2=O)CCCCC3)no1. The molecule has 0 spiro atoms. The number of rotatable bonds is 4. The number of amides is 1. The van der Waals surface area contributed by atoms with Crippen LogP contribution in [0.4, 0.5) is 5.69 Å². The molecule has 1 aromatic carbocycles. The monoisotopic (exact) mass is 423 g/mol. The van der Waals surface area contributed by atoms with Gasteiger partial charge in [-0.1, -0.05) is 17.6 Å². The van der Waals surface area contributed by atoms with Gasteiger partial charge in [-0.3, -0.25) is 18.7 Å². The Bertz CT molecular complexity index is 1270. The van der Waals surface area contributed by atoms with Crippen molar-refractivity contribution in [2.45, 2.75) is 59.5 Å². The zero-order chi connectivity index (χ0) is 22.1. The first-order valence-corrected chi connectivity index (χ1v) is 10.4. The number of carbonyl (C=O) groups is 1. The number of carbonyl (C=O) groups excluding carboxylic acids is 1. The summed E-state index contributed by atoms with van der Waals surface area (Å²) in [6.45, 7) is 5.66. The minimum Gasteiger partial charge on any atom is -0.339 e. The van der Waals surface area contributed by atoms with Crippen molar-refractivity contribution in [1.82, 2.24) is 19.3 Å². The molecule has 0 saturated carbocycles. The highest BCUT2D eigenvalue weighted by atomic mass is 16.5. The number of nitrogens with zero attached hydrogens (tertiary/aromatic N) is 4. The summed E-state index contributed by atoms with van der Waals surface area (Å²) in [5.74, 6) is 0.0235. The predicted octanol–water partition coefficient (Wildman–Crippen LogP) is 2.35. The summed E-state index contributed by atoms with van der Waals surface area (Å²) in [6.07, 6.45) is 3.21. The first kappa shape index (κ1) is 20.8. The second-order valence-electron chi connectivity index (χ2n) is 7.94. The maximum atomic E-state index is 13.3. The molecular formula is C22H25N5O4. The number of hydrogen-bond acceptors (Lipinski definition) is 6. The summed E-state index contributed by atoms with van der Waals surface area (Å²) >= 11 is 0. The minimum atomic E-state index is -0.575. The lowest BCUT2D eigenvalue weighted by molar-refractivity contribution is -0.116. The molecule has 1 aliphatic heterocycles. The van der Waals surface area contributed by atoms with Crippen LogP contribution in [0.2, 0.25) is 0 Å². The van der Waals surface area contributed by atoms with Crippen molar-refractivity contribution in [1.29, 1.82) is 0 Å². The normalized spacial score (nSPS) is 13.5. The van der Waals surface area contributed by atoms with Crippen molar-refractivity contribution in [3.63, 3.8) is 0 Å². The Labute approximate surface area is 178 Å². The second kappa shape index (κ2) is 8.33. The van der Waals surface area contributed by atoms with Crippen LogP contribution >= 0.6 is 0 Å². The molecule has 9 heteroatoms. The number of benzene rings is 1. The van der Waals surface area contributed by atoms with Crippen LogP contribution in [0.25, 0.3) is 11.4 Å². The highest BCUT2D eigenvalue weighted by molar-refractivity contribution is 5.90. The van der Waals surface area contributed by atoms with Crippen molar-refractivity contribution in [3.8, 4) is 11.4 Å². The molecule has 3 aromatic rings. The van der Waals surface area contributed by atoms with Crippen LogP contribution in [0.5, 0.6) is 0 Å². The van der Waals surface area contributed by atoms with Gasteiger partial charge in [-0.25, -0.2) is 4.79 Å². The third kappa shape index (κ3) is 4.08. The summed E-state index contributed by atoms with van der Waals surface area (Å²) in [7, 11) is 0. The molecule has 3 heterocycles. The Kier molecular flexibility index (Phi) is 5.58. The zero-order valence-corrected chi connectivity index (χ0v) is 17.9. The number of nitrogens with one attached hydrogen (secondary N) is 1. The molecule has 0 fully saturated rings. The molecule has 0 unspecified atom stereocenters. The quantitative estimate of drug-likeness (QED) is 0.689. The predicted molar refractivity (Wildman–Crippen MR) is 115 cm³/mol. The first-order valence-electron chi connectivity index (χ1n) is 10.4. The number of anilines is 1. The van der Waals surface area contributed by atoms with Gasteiger partial charge in [0.2, 0.25) is 17.6 Å². The van der Waals surface area contributed by atoms with E-state index in [1.807, 2.05) is 26.0 Å². The van der Waals surface area contributed by atoms with Crippen LogP contribution in [-0.2, 0) is 24.3 Å². The third-order valence-corrected chi connectivity index (χ3v) is 5.67. The largest absolute Gasteiger partial charge is 0.339 e. The molecule has 2 aromatic heterocycles. The summed E-state index contributed by atoms with van der Waals surface area (Å²) in [5.41, 5.74) is 2.55. The Morgan fingerprint density at radius 1 is 1.13 bits per heavy atom. The van der Waals surface area contributed by atoms with Gasteiger partial charge < -0.3 is 9.84 Å². The first-order chi connectivity index (χ1) is 14.8. The fraction of sp³-hybridized carbons (Fsp3) is 0.409. The lowest BCUT2D eigenvalue weighted by atomic mass is 10.1. The summed E-state index contributed by atoms with van der Waals surface area (Å²) in [6, 6.07) is 5.55. The van der Waals surface area contributed by atoms with E-state index >= 15 is 0 Å². The molecule has 0 atom stereocenters. The Morgan fingerprint density at radius 3 is 2.65 bits per heavy atom. The number of aromatic nitrogens is 4. The van der Waals surface area contributed by atoms with Crippen molar-refractivity contribution in [2.75, 3.05) is 5.32 Å². The molecule has 1 N–H and O–H groups in total. The zero-order valence-electron chi connectivity index (χ0n) is 17.9. The van der Waals surface area contributed by atoms with E-state index < -0.39 is 23.7 Å². The average molecular weight is 423 g/mol. The fourth-order valence-electron chi connectivity index (χ4n) is 3.90. The van der Waals surface area contributed by atoms with Crippen molar-refractivity contribution >= 4 is 11.6 Å². The smallest absolute Gasteiger partial charge is 0.331 e. The van der Waals surface area contributed by atoms with Gasteiger partial charge in [0.25, 0.3) is 5.56 Å². The maximum Gasteiger partial charge on any atom is 0.331 e. The average Bonchev–Trinajstić information content (AvgIpc) is 3.00. The maximum absolute atomic E-state index is 13.3. The highest BCUT2D eigenvalue weighted by Gasteiger charge is 2.25. The van der Waals surface area contributed by atoms with Gasteiger partial charge in [-0.2, -0.15) is 4.98 Å². The van der Waals surface area contributed by atoms with E-state index in [-0.39, 0.29) is 11.4 Å². The molecule has 4 rings (SSSR count). The summed E-state index contributed by atoms with van der Waals surface area (Å²) < 4.78 is 7.62. The highest BCUT2D eigenvalue weighted by Crippen LogP contribution is 2.21. The fourth-order valence-corrected chi connectivity index (χ4v) is 3.90. The molecule has 162 valence electrons. The van der Waals surface area contributed by atoms with Gasteiger partial charge in [0.1, 0.15) is 12.1 Å². The van der Waals surface area contributed by atoms with Gasteiger partial charge in [-0.15, -0.1) is 0 Å². The molecule has 0 bridgehead atoms. The van der Waals surface area contributed by atoms with Crippen LogP contribution < -0.4 is 16.6 Å². The van der Waals surface area contributed by atoms with Gasteiger partial charge in [0, 0.05) is 24.8 Å². The van der Waals surface area contributed by atoms with Crippen LogP contribution in [0.3, 0.4) is 0 Å². The van der Waals surface area contributed by atoms with E-state index in [2.05, 4.69) is 15.5 Å². The molecule has 1 amide bonds. The van der Waals surface area contributed by atoms with E-state index in [9.17, 15) is 14.4 Å². The van der Waals surface area contributed by atoms with Gasteiger partial charge in [0.15, 0.2) is 0 Å². The lowest BCUT2D eigenvalue weighted by Gasteiger charge is -2.16. The van der Waals surface area contributed by atoms with Crippen LogP contribution in [-0.4, -0.2) is 25.2 Å². The topological polar surface area (TPSA) is 112 Å². The third-order valence-electron chi connectivity index (χ3n) is 5.67. The van der Waals surface area contributed by atoms with Gasteiger partial charge >= 0.3 is 5.69 Å². The Balaban J connectivity index is 1.76. The number of fused-ring (bicyclic) bond motifs is 1. The molecule has 1 aliphatic rings. The molecular weight excluding hydrogens is 398 g/mol. The molecule has 31 heavy (non-hydrogen) atoms. The summed E-state index contributed by atoms with van der Waals surface area (Å²) in [4.78, 5) is 43.4. The molecule has 9 nitrogen and oxygen atoms in total. The van der Waals surface area contributed by atoms with E-state index in [1.165, 1.54) is 0 Å². The Hall–Kier alpha value is -3.49. The van der Waals surface area contributed by atoms with Crippen LogP contribution in [0, 0.1) is 20.8 Å². The molecule has 0 aliphatic carbocycles. The van der Waals surface area contributed by atoms with Crippen molar-refractivity contribution < 1.29 is 9.32 Å². The molecule has 0 radical (unpaired) electrons. The number of aryl methyl sites for hydroxylation is 3. The van der Waals surface area contributed by atoms with Crippen LogP contribution in [0.15, 0.2) is 32.3 Å². The van der Waals surface area contributed by atoms with Crippen molar-refractivity contribution in [2.24, 2.45) is 0 Å². The van der Waals surface area contributed by atoms with Gasteiger partial charge in [0.05, 0.1) is 0 Å². The van der Waals surface area contributed by atoms with E-state index in [4.69, 9.17) is 4.52 Å². The van der Waals surface area contributed by atoms with Gasteiger partial charge in [-0.05, 0) is 56.4 Å². The Morgan fingerprint density at radius 2 is 1.94 bits per heavy atom. The number of hydrogen-bond donors (Lipinski definition) is 1. The van der Waals surface area contributed by atoms with E-state index in [0.29, 0.717) is 30.2 Å². The van der Waals surface area contributed by atoms with Crippen molar-refractivity contribution in [3.05, 3.63) is 61.7 Å². The van der Waals surface area contributed by atoms with E-state index in [0.717, 1.165) is 35.0 Å². The lowest BCUT2D eigenvalue weighted by Crippen LogP contribution is -2.44. The standard InChI is InChI=1S/C22H25N5O4/c1-13-8-9-16(11-14(13)2)24-18(28)12-27-21(29)19(20-23-15(3)31-25-20)17-7-5-4-6-10-26(17)22(27)30/h8-9,11H,4-7,10,12H2,1-3H3,(H,24,28).